The molecule has 0 unspecified atom stereocenters. The van der Waals surface area contributed by atoms with Crippen molar-refractivity contribution in [2.45, 2.75) is 13.5 Å². The molecule has 4 nitrogen and oxygen atoms in total. The normalized spacial score (nSPS) is 11.3. The molecule has 2 aromatic carbocycles. The number of hydrogen-bond acceptors (Lipinski definition) is 2. The van der Waals surface area contributed by atoms with Crippen LogP contribution in [0, 0.1) is 12.7 Å². The Morgan fingerprint density at radius 2 is 1.96 bits per heavy atom. The van der Waals surface area contributed by atoms with E-state index in [1.54, 1.807) is 0 Å². The van der Waals surface area contributed by atoms with Crippen LogP contribution in [0.3, 0.4) is 0 Å². The topological polar surface area (TPSA) is 59.3 Å². The molecule has 0 saturated carbocycles. The Morgan fingerprint density at radius 3 is 2.61 bits per heavy atom. The van der Waals surface area contributed by atoms with Crippen LogP contribution in [0.1, 0.15) is 5.56 Å². The molecule has 0 amide bonds. The molecule has 0 radical (unpaired) electrons. The van der Waals surface area contributed by atoms with Crippen LogP contribution < -0.4 is 5.43 Å². The standard InChI is InChI=1S/C16H10Cl2FNO3/c1-7-10(19)4-5-11-13(7)16(23)8-2-3-9(17)14(18)15(8)20(11)6-12(21)22/h2-5H,6H2,1H3,(H,21,22). The van der Waals surface area contributed by atoms with Gasteiger partial charge in [0.1, 0.15) is 12.4 Å². The monoisotopic (exact) mass is 353 g/mol. The first-order chi connectivity index (χ1) is 10.8. The largest absolute Gasteiger partial charge is 0.480 e. The predicted molar refractivity (Wildman–Crippen MR) is 88.1 cm³/mol. The summed E-state index contributed by atoms with van der Waals surface area (Å²) in [6.45, 7) is 1.05. The van der Waals surface area contributed by atoms with Crippen molar-refractivity contribution in [3.63, 3.8) is 0 Å². The number of rotatable bonds is 2. The van der Waals surface area contributed by atoms with Gasteiger partial charge in [0.25, 0.3) is 0 Å². The number of carboxylic acids is 1. The number of nitrogens with zero attached hydrogens (tertiary/aromatic N) is 1. The van der Waals surface area contributed by atoms with Crippen molar-refractivity contribution in [2.75, 3.05) is 0 Å². The molecular formula is C16H10Cl2FNO3. The number of benzene rings is 2. The lowest BCUT2D eigenvalue weighted by atomic mass is 10.0. The lowest BCUT2D eigenvalue weighted by molar-refractivity contribution is -0.137. The SMILES string of the molecule is Cc1c(F)ccc2c1c(=O)c1ccc(Cl)c(Cl)c1n2CC(=O)O. The summed E-state index contributed by atoms with van der Waals surface area (Å²) < 4.78 is 15.2. The number of hydrogen-bond donors (Lipinski definition) is 1. The molecule has 7 heteroatoms. The van der Waals surface area contributed by atoms with Crippen molar-refractivity contribution in [2.24, 2.45) is 0 Å². The predicted octanol–water partition coefficient (Wildman–Crippen LogP) is 3.99. The van der Waals surface area contributed by atoms with Crippen LogP contribution in [0.5, 0.6) is 0 Å². The molecule has 1 aromatic heterocycles. The number of aromatic nitrogens is 1. The summed E-state index contributed by atoms with van der Waals surface area (Å²) in [4.78, 5) is 24.0. The molecule has 118 valence electrons. The number of pyridine rings is 1. The van der Waals surface area contributed by atoms with E-state index in [1.807, 2.05) is 0 Å². The van der Waals surface area contributed by atoms with Crippen molar-refractivity contribution < 1.29 is 14.3 Å². The van der Waals surface area contributed by atoms with E-state index in [9.17, 15) is 19.1 Å². The summed E-state index contributed by atoms with van der Waals surface area (Å²) in [6, 6.07) is 5.49. The van der Waals surface area contributed by atoms with Crippen LogP contribution in [0.4, 0.5) is 4.39 Å². The van der Waals surface area contributed by atoms with Crippen LogP contribution >= 0.6 is 23.2 Å². The fraction of sp³-hybridized carbons (Fsp3) is 0.125. The average molecular weight is 354 g/mol. The first-order valence-corrected chi connectivity index (χ1v) is 7.39. The zero-order valence-corrected chi connectivity index (χ0v) is 13.4. The van der Waals surface area contributed by atoms with Gasteiger partial charge in [0, 0.05) is 5.39 Å². The minimum atomic E-state index is -1.12. The number of carbonyl (C=O) groups is 1. The molecule has 3 rings (SSSR count). The van der Waals surface area contributed by atoms with Crippen LogP contribution in [-0.4, -0.2) is 15.6 Å². The van der Waals surface area contributed by atoms with Gasteiger partial charge in [-0.3, -0.25) is 9.59 Å². The van der Waals surface area contributed by atoms with Crippen molar-refractivity contribution in [1.82, 2.24) is 4.57 Å². The van der Waals surface area contributed by atoms with Gasteiger partial charge < -0.3 is 9.67 Å². The van der Waals surface area contributed by atoms with Crippen molar-refractivity contribution in [3.8, 4) is 0 Å². The van der Waals surface area contributed by atoms with E-state index in [4.69, 9.17) is 23.2 Å². The van der Waals surface area contributed by atoms with E-state index in [0.717, 1.165) is 0 Å². The van der Waals surface area contributed by atoms with Gasteiger partial charge in [-0.05, 0) is 36.8 Å². The Kier molecular flexibility index (Phi) is 3.78. The number of aliphatic carboxylic acids is 1. The third-order valence-electron chi connectivity index (χ3n) is 3.77. The summed E-state index contributed by atoms with van der Waals surface area (Å²) in [7, 11) is 0. The third kappa shape index (κ3) is 2.36. The average Bonchev–Trinajstić information content (AvgIpc) is 2.49. The van der Waals surface area contributed by atoms with Crippen LogP contribution in [0.2, 0.25) is 10.0 Å². The second-order valence-electron chi connectivity index (χ2n) is 5.13. The highest BCUT2D eigenvalue weighted by Crippen LogP contribution is 2.32. The lowest BCUT2D eigenvalue weighted by Crippen LogP contribution is -2.17. The number of fused-ring (bicyclic) bond motifs is 2. The molecule has 0 bridgehead atoms. The minimum Gasteiger partial charge on any atom is -0.480 e. The van der Waals surface area contributed by atoms with Crippen molar-refractivity contribution >= 4 is 51.0 Å². The molecule has 0 spiro atoms. The second-order valence-corrected chi connectivity index (χ2v) is 5.92. The van der Waals surface area contributed by atoms with Gasteiger partial charge in [0.15, 0.2) is 5.43 Å². The molecule has 0 atom stereocenters. The van der Waals surface area contributed by atoms with Gasteiger partial charge >= 0.3 is 5.97 Å². The quantitative estimate of drug-likeness (QED) is 0.708. The molecule has 0 fully saturated rings. The Balaban J connectivity index is 2.68. The van der Waals surface area contributed by atoms with E-state index in [0.29, 0.717) is 5.52 Å². The summed E-state index contributed by atoms with van der Waals surface area (Å²) >= 11 is 12.2. The molecule has 1 N–H and O–H groups in total. The van der Waals surface area contributed by atoms with Crippen LogP contribution in [-0.2, 0) is 11.3 Å². The van der Waals surface area contributed by atoms with Crippen LogP contribution in [0.15, 0.2) is 29.1 Å². The lowest BCUT2D eigenvalue weighted by Gasteiger charge is -2.16. The molecule has 0 aliphatic heterocycles. The molecule has 3 aromatic rings. The summed E-state index contributed by atoms with van der Waals surface area (Å²) in [6.07, 6.45) is 0. The molecule has 23 heavy (non-hydrogen) atoms. The number of carboxylic acid groups (broad SMARTS) is 1. The number of halogens is 3. The first-order valence-electron chi connectivity index (χ1n) is 6.64. The van der Waals surface area contributed by atoms with Gasteiger partial charge in [-0.2, -0.15) is 0 Å². The summed E-state index contributed by atoms with van der Waals surface area (Å²) in [5.74, 6) is -1.65. The number of aryl methyl sites for hydroxylation is 1. The van der Waals surface area contributed by atoms with E-state index >= 15 is 0 Å². The Hall–Kier alpha value is -2.11. The van der Waals surface area contributed by atoms with E-state index in [-0.39, 0.29) is 31.9 Å². The highest BCUT2D eigenvalue weighted by atomic mass is 35.5. The summed E-state index contributed by atoms with van der Waals surface area (Å²) in [5.41, 5.74) is 0.282. The maximum absolute atomic E-state index is 13.9. The van der Waals surface area contributed by atoms with Gasteiger partial charge in [-0.25, -0.2) is 4.39 Å². The van der Waals surface area contributed by atoms with E-state index in [1.165, 1.54) is 35.8 Å². The van der Waals surface area contributed by atoms with Gasteiger partial charge in [-0.15, -0.1) is 0 Å². The Bertz CT molecular complexity index is 1040. The van der Waals surface area contributed by atoms with Crippen molar-refractivity contribution in [1.29, 1.82) is 0 Å². The third-order valence-corrected chi connectivity index (χ3v) is 4.57. The maximum atomic E-state index is 13.9. The first kappa shape index (κ1) is 15.8. The van der Waals surface area contributed by atoms with E-state index < -0.39 is 23.8 Å². The highest BCUT2D eigenvalue weighted by molar-refractivity contribution is 6.45. The fourth-order valence-electron chi connectivity index (χ4n) is 2.73. The molecule has 0 aliphatic rings. The van der Waals surface area contributed by atoms with Crippen LogP contribution in [0.25, 0.3) is 21.8 Å². The van der Waals surface area contributed by atoms with E-state index in [2.05, 4.69) is 0 Å². The molecule has 0 aliphatic carbocycles. The Morgan fingerprint density at radius 1 is 1.26 bits per heavy atom. The van der Waals surface area contributed by atoms with Gasteiger partial charge in [0.2, 0.25) is 0 Å². The smallest absolute Gasteiger partial charge is 0.323 e. The zero-order chi connectivity index (χ0) is 16.9. The van der Waals surface area contributed by atoms with Crippen molar-refractivity contribution in [3.05, 3.63) is 55.9 Å². The summed E-state index contributed by atoms with van der Waals surface area (Å²) in [5, 5.41) is 9.82. The fourth-order valence-corrected chi connectivity index (χ4v) is 3.14. The minimum absolute atomic E-state index is 0.0893. The zero-order valence-electron chi connectivity index (χ0n) is 11.9. The maximum Gasteiger partial charge on any atom is 0.323 e. The van der Waals surface area contributed by atoms with Gasteiger partial charge in [0.05, 0.1) is 26.5 Å². The van der Waals surface area contributed by atoms with Gasteiger partial charge in [-0.1, -0.05) is 23.2 Å². The second kappa shape index (κ2) is 5.51. The Labute approximate surface area is 139 Å². The highest BCUT2D eigenvalue weighted by Gasteiger charge is 2.19. The molecule has 1 heterocycles. The molecule has 0 saturated heterocycles. The molecular weight excluding hydrogens is 344 g/mol.